The zero-order valence-corrected chi connectivity index (χ0v) is 6.06. The van der Waals surface area contributed by atoms with E-state index in [1.54, 1.807) is 0 Å². The van der Waals surface area contributed by atoms with E-state index in [0.717, 1.165) is 11.3 Å². The molecule has 0 unspecified atom stereocenters. The lowest BCUT2D eigenvalue weighted by Gasteiger charge is -2.56. The van der Waals surface area contributed by atoms with Gasteiger partial charge >= 0.3 is 0 Å². The van der Waals surface area contributed by atoms with Crippen LogP contribution in [0.4, 0.5) is 0 Å². The number of hydrogen-bond donors (Lipinski definition) is 1. The fourth-order valence-corrected chi connectivity index (χ4v) is 2.80. The van der Waals surface area contributed by atoms with Crippen LogP contribution in [0.5, 0.6) is 0 Å². The monoisotopic (exact) mass is 125 g/mol. The van der Waals surface area contributed by atoms with Gasteiger partial charge in [0.05, 0.1) is 0 Å². The van der Waals surface area contributed by atoms with E-state index in [4.69, 9.17) is 5.73 Å². The standard InChI is InChI=1S/C8H15N/c1-6-2-8(3-6)4-7(9)5-8/h6-7H,2-5,9H2,1H3/t6-,7-,8?. The van der Waals surface area contributed by atoms with Gasteiger partial charge in [0.25, 0.3) is 0 Å². The first-order valence-electron chi connectivity index (χ1n) is 3.96. The van der Waals surface area contributed by atoms with Crippen molar-refractivity contribution in [2.45, 2.75) is 38.6 Å². The molecule has 2 aliphatic rings. The average molecular weight is 125 g/mol. The second kappa shape index (κ2) is 1.51. The molecular formula is C8H15N. The third-order valence-electron chi connectivity index (χ3n) is 2.95. The van der Waals surface area contributed by atoms with Gasteiger partial charge < -0.3 is 5.73 Å². The molecule has 1 spiro atoms. The largest absolute Gasteiger partial charge is 0.328 e. The van der Waals surface area contributed by atoms with Crippen molar-refractivity contribution in [2.75, 3.05) is 0 Å². The normalized spacial score (nSPS) is 56.7. The van der Waals surface area contributed by atoms with Crippen LogP contribution in [0.1, 0.15) is 32.6 Å². The molecule has 0 atom stereocenters. The molecule has 2 fully saturated rings. The van der Waals surface area contributed by atoms with Crippen LogP contribution >= 0.6 is 0 Å². The Morgan fingerprint density at radius 2 is 1.78 bits per heavy atom. The SMILES string of the molecule is C[C@H]1CC2(C1)C[C@H](N)C2. The Balaban J connectivity index is 1.87. The summed E-state index contributed by atoms with van der Waals surface area (Å²) in [7, 11) is 0. The van der Waals surface area contributed by atoms with E-state index < -0.39 is 0 Å². The van der Waals surface area contributed by atoms with Crippen molar-refractivity contribution >= 4 is 0 Å². The molecule has 2 saturated carbocycles. The van der Waals surface area contributed by atoms with Crippen LogP contribution in [0.25, 0.3) is 0 Å². The highest BCUT2D eigenvalue weighted by molar-refractivity contribution is 5.03. The predicted octanol–water partition coefficient (Wildman–Crippen LogP) is 1.52. The van der Waals surface area contributed by atoms with Gasteiger partial charge in [-0.2, -0.15) is 0 Å². The Labute approximate surface area is 56.6 Å². The van der Waals surface area contributed by atoms with Crippen LogP contribution in [-0.2, 0) is 0 Å². The second-order valence-electron chi connectivity index (χ2n) is 4.18. The molecule has 0 aliphatic heterocycles. The zero-order valence-electron chi connectivity index (χ0n) is 6.06. The maximum absolute atomic E-state index is 5.71. The van der Waals surface area contributed by atoms with Crippen molar-refractivity contribution in [3.8, 4) is 0 Å². The summed E-state index contributed by atoms with van der Waals surface area (Å²) in [6.45, 7) is 2.34. The van der Waals surface area contributed by atoms with Gasteiger partial charge in [0, 0.05) is 6.04 Å². The van der Waals surface area contributed by atoms with Crippen LogP contribution in [0.15, 0.2) is 0 Å². The summed E-state index contributed by atoms with van der Waals surface area (Å²) in [6.07, 6.45) is 5.55. The first-order valence-corrected chi connectivity index (χ1v) is 3.96. The maximum Gasteiger partial charge on any atom is 0.00494 e. The van der Waals surface area contributed by atoms with Crippen molar-refractivity contribution in [2.24, 2.45) is 17.1 Å². The molecule has 0 heterocycles. The topological polar surface area (TPSA) is 26.0 Å². The lowest BCUT2D eigenvalue weighted by molar-refractivity contribution is -0.0313. The van der Waals surface area contributed by atoms with Crippen molar-refractivity contribution in [1.29, 1.82) is 0 Å². The summed E-state index contributed by atoms with van der Waals surface area (Å²) in [5.74, 6) is 0.998. The summed E-state index contributed by atoms with van der Waals surface area (Å²) < 4.78 is 0. The molecule has 2 rings (SSSR count). The third-order valence-corrected chi connectivity index (χ3v) is 2.95. The number of hydrogen-bond acceptors (Lipinski definition) is 1. The lowest BCUT2D eigenvalue weighted by atomic mass is 9.51. The molecule has 2 N–H and O–H groups in total. The van der Waals surface area contributed by atoms with Gasteiger partial charge in [-0.3, -0.25) is 0 Å². The van der Waals surface area contributed by atoms with Gasteiger partial charge in [-0.25, -0.2) is 0 Å². The van der Waals surface area contributed by atoms with E-state index in [2.05, 4.69) is 6.92 Å². The third kappa shape index (κ3) is 0.710. The van der Waals surface area contributed by atoms with Crippen LogP contribution < -0.4 is 5.73 Å². The van der Waals surface area contributed by atoms with Gasteiger partial charge in [0.2, 0.25) is 0 Å². The fraction of sp³-hybridized carbons (Fsp3) is 1.00. The first kappa shape index (κ1) is 5.72. The Bertz CT molecular complexity index is 99.0. The van der Waals surface area contributed by atoms with E-state index >= 15 is 0 Å². The molecule has 9 heavy (non-hydrogen) atoms. The van der Waals surface area contributed by atoms with Crippen LogP contribution in [-0.4, -0.2) is 6.04 Å². The Kier molecular flexibility index (Phi) is 0.963. The van der Waals surface area contributed by atoms with E-state index in [1.165, 1.54) is 25.7 Å². The zero-order chi connectivity index (χ0) is 6.48. The van der Waals surface area contributed by atoms with Gasteiger partial charge in [0.1, 0.15) is 0 Å². The summed E-state index contributed by atoms with van der Waals surface area (Å²) in [5, 5.41) is 0. The molecule has 0 aromatic carbocycles. The summed E-state index contributed by atoms with van der Waals surface area (Å²) in [5.41, 5.74) is 6.47. The van der Waals surface area contributed by atoms with E-state index in [1.807, 2.05) is 0 Å². The fourth-order valence-electron chi connectivity index (χ4n) is 2.80. The molecule has 0 amide bonds. The Hall–Kier alpha value is -0.0400. The van der Waals surface area contributed by atoms with Gasteiger partial charge in [-0.05, 0) is 37.0 Å². The highest BCUT2D eigenvalue weighted by Crippen LogP contribution is 2.57. The highest BCUT2D eigenvalue weighted by Gasteiger charge is 2.49. The molecule has 0 radical (unpaired) electrons. The molecule has 1 heteroatoms. The van der Waals surface area contributed by atoms with E-state index in [0.29, 0.717) is 6.04 Å². The van der Waals surface area contributed by atoms with Crippen LogP contribution in [0.2, 0.25) is 0 Å². The molecule has 52 valence electrons. The molecule has 1 nitrogen and oxygen atoms in total. The minimum atomic E-state index is 0.553. The van der Waals surface area contributed by atoms with Crippen molar-refractivity contribution in [3.05, 3.63) is 0 Å². The number of rotatable bonds is 0. The van der Waals surface area contributed by atoms with Crippen LogP contribution in [0.3, 0.4) is 0 Å². The summed E-state index contributed by atoms with van der Waals surface area (Å²) >= 11 is 0. The average Bonchev–Trinajstić information content (AvgIpc) is 1.58. The van der Waals surface area contributed by atoms with E-state index in [9.17, 15) is 0 Å². The van der Waals surface area contributed by atoms with Crippen molar-refractivity contribution in [1.82, 2.24) is 0 Å². The van der Waals surface area contributed by atoms with Gasteiger partial charge in [-0.15, -0.1) is 0 Å². The minimum Gasteiger partial charge on any atom is -0.328 e. The molecule has 0 saturated heterocycles. The maximum atomic E-state index is 5.71. The Morgan fingerprint density at radius 3 is 2.11 bits per heavy atom. The molecule has 0 aromatic rings. The molecule has 0 bridgehead atoms. The quantitative estimate of drug-likeness (QED) is 0.522. The molecule has 0 aromatic heterocycles. The smallest absolute Gasteiger partial charge is 0.00494 e. The van der Waals surface area contributed by atoms with Crippen molar-refractivity contribution in [3.63, 3.8) is 0 Å². The molecular weight excluding hydrogens is 110 g/mol. The van der Waals surface area contributed by atoms with E-state index in [-0.39, 0.29) is 0 Å². The van der Waals surface area contributed by atoms with Crippen molar-refractivity contribution < 1.29 is 0 Å². The van der Waals surface area contributed by atoms with Gasteiger partial charge in [-0.1, -0.05) is 6.92 Å². The van der Waals surface area contributed by atoms with Gasteiger partial charge in [0.15, 0.2) is 0 Å². The summed E-state index contributed by atoms with van der Waals surface area (Å²) in [6, 6.07) is 0.553. The highest BCUT2D eigenvalue weighted by atomic mass is 14.7. The molecule has 2 aliphatic carbocycles. The second-order valence-corrected chi connectivity index (χ2v) is 4.18. The minimum absolute atomic E-state index is 0.553. The predicted molar refractivity (Wildman–Crippen MR) is 38.0 cm³/mol. The van der Waals surface area contributed by atoms with Crippen LogP contribution in [0, 0.1) is 11.3 Å². The number of nitrogens with two attached hydrogens (primary N) is 1. The lowest BCUT2D eigenvalue weighted by Crippen LogP contribution is -2.52. The Morgan fingerprint density at radius 1 is 1.22 bits per heavy atom. The first-order chi connectivity index (χ1) is 4.20. The summed E-state index contributed by atoms with van der Waals surface area (Å²) in [4.78, 5) is 0.